The molecule has 0 spiro atoms. The summed E-state index contributed by atoms with van der Waals surface area (Å²) in [5.74, 6) is -0.949. The minimum atomic E-state index is -3.96. The van der Waals surface area contributed by atoms with E-state index in [1.165, 1.54) is 18.4 Å². The van der Waals surface area contributed by atoms with Crippen molar-refractivity contribution < 1.29 is 22.0 Å². The molecule has 1 aromatic carbocycles. The number of sulfonamides is 1. The van der Waals surface area contributed by atoms with E-state index < -0.39 is 26.6 Å². The van der Waals surface area contributed by atoms with Gasteiger partial charge in [0.25, 0.3) is 5.91 Å². The van der Waals surface area contributed by atoms with Gasteiger partial charge in [0.15, 0.2) is 0 Å². The lowest BCUT2D eigenvalue weighted by Crippen LogP contribution is -2.26. The first-order valence-electron chi connectivity index (χ1n) is 7.30. The SMILES string of the molecule is NCc1cc(C(=O)Nc2ccc(F)c(S(=O)(=O)NC3CC3)c2)co1. The molecule has 1 aliphatic carbocycles. The van der Waals surface area contributed by atoms with E-state index in [1.54, 1.807) is 0 Å². The smallest absolute Gasteiger partial charge is 0.258 e. The molecule has 1 amide bonds. The summed E-state index contributed by atoms with van der Waals surface area (Å²) in [5, 5.41) is 2.51. The minimum Gasteiger partial charge on any atom is -0.467 e. The van der Waals surface area contributed by atoms with Crippen LogP contribution in [0.15, 0.2) is 39.8 Å². The number of hydrogen-bond acceptors (Lipinski definition) is 5. The second-order valence-electron chi connectivity index (χ2n) is 5.50. The lowest BCUT2D eigenvalue weighted by Gasteiger charge is -2.09. The zero-order valence-corrected chi connectivity index (χ0v) is 13.4. The van der Waals surface area contributed by atoms with Gasteiger partial charge in [0.2, 0.25) is 10.0 Å². The average molecular weight is 353 g/mol. The van der Waals surface area contributed by atoms with Crippen molar-refractivity contribution in [1.29, 1.82) is 0 Å². The third-order valence-electron chi connectivity index (χ3n) is 3.49. The molecule has 3 rings (SSSR count). The number of anilines is 1. The maximum absolute atomic E-state index is 13.9. The van der Waals surface area contributed by atoms with Gasteiger partial charge in [0.05, 0.1) is 12.1 Å². The van der Waals surface area contributed by atoms with Gasteiger partial charge in [-0.05, 0) is 37.1 Å². The van der Waals surface area contributed by atoms with Crippen molar-refractivity contribution in [2.75, 3.05) is 5.32 Å². The predicted molar refractivity (Wildman–Crippen MR) is 84.3 cm³/mol. The Morgan fingerprint density at radius 3 is 2.71 bits per heavy atom. The number of amides is 1. The summed E-state index contributed by atoms with van der Waals surface area (Å²) in [6.45, 7) is 0.152. The van der Waals surface area contributed by atoms with Crippen LogP contribution in [0.2, 0.25) is 0 Å². The zero-order valence-electron chi connectivity index (χ0n) is 12.6. The van der Waals surface area contributed by atoms with E-state index in [0.717, 1.165) is 25.0 Å². The highest BCUT2D eigenvalue weighted by Gasteiger charge is 2.30. The van der Waals surface area contributed by atoms with Gasteiger partial charge in [-0.2, -0.15) is 0 Å². The van der Waals surface area contributed by atoms with Gasteiger partial charge in [-0.25, -0.2) is 17.5 Å². The van der Waals surface area contributed by atoms with Crippen molar-refractivity contribution in [2.24, 2.45) is 5.73 Å². The number of nitrogens with two attached hydrogens (primary N) is 1. The number of benzene rings is 1. The normalized spacial score (nSPS) is 14.6. The molecule has 1 saturated carbocycles. The number of furan rings is 1. The van der Waals surface area contributed by atoms with E-state index in [1.807, 2.05) is 0 Å². The Labute approximate surface area is 138 Å². The standard InChI is InChI=1S/C15H16FN3O4S/c16-13-4-3-11(6-14(13)24(21,22)19-10-1-2-10)18-15(20)9-5-12(7-17)23-8-9/h3-6,8,10,19H,1-2,7,17H2,(H,18,20). The molecular formula is C15H16FN3O4S. The van der Waals surface area contributed by atoms with Crippen LogP contribution in [0.3, 0.4) is 0 Å². The van der Waals surface area contributed by atoms with Crippen LogP contribution < -0.4 is 15.8 Å². The van der Waals surface area contributed by atoms with Crippen molar-refractivity contribution in [3.8, 4) is 0 Å². The van der Waals surface area contributed by atoms with Gasteiger partial charge in [-0.3, -0.25) is 4.79 Å². The highest BCUT2D eigenvalue weighted by molar-refractivity contribution is 7.89. The van der Waals surface area contributed by atoms with E-state index in [2.05, 4.69) is 10.0 Å². The van der Waals surface area contributed by atoms with E-state index in [-0.39, 0.29) is 23.8 Å². The zero-order chi connectivity index (χ0) is 17.3. The van der Waals surface area contributed by atoms with Crippen LogP contribution in [0.25, 0.3) is 0 Å². The topological polar surface area (TPSA) is 114 Å². The van der Waals surface area contributed by atoms with Crippen molar-refractivity contribution in [1.82, 2.24) is 4.72 Å². The number of rotatable bonds is 6. The molecule has 2 aromatic rings. The summed E-state index contributed by atoms with van der Waals surface area (Å²) >= 11 is 0. The monoisotopic (exact) mass is 353 g/mol. The molecule has 0 aliphatic heterocycles. The molecule has 128 valence electrons. The lowest BCUT2D eigenvalue weighted by molar-refractivity contribution is 0.102. The second-order valence-corrected chi connectivity index (χ2v) is 7.18. The molecule has 24 heavy (non-hydrogen) atoms. The number of nitrogens with one attached hydrogen (secondary N) is 2. The maximum Gasteiger partial charge on any atom is 0.258 e. The highest BCUT2D eigenvalue weighted by atomic mass is 32.2. The van der Waals surface area contributed by atoms with Gasteiger partial charge in [0, 0.05) is 11.7 Å². The van der Waals surface area contributed by atoms with Crippen molar-refractivity contribution in [2.45, 2.75) is 30.3 Å². The van der Waals surface area contributed by atoms with Crippen molar-refractivity contribution in [3.63, 3.8) is 0 Å². The second kappa shape index (κ2) is 6.34. The van der Waals surface area contributed by atoms with Gasteiger partial charge in [-0.1, -0.05) is 0 Å². The number of halogens is 1. The summed E-state index contributed by atoms with van der Waals surface area (Å²) in [6.07, 6.45) is 2.72. The first-order chi connectivity index (χ1) is 11.4. The van der Waals surface area contributed by atoms with Crippen LogP contribution in [0, 0.1) is 5.82 Å². The number of carbonyl (C=O) groups excluding carboxylic acids is 1. The van der Waals surface area contributed by atoms with Crippen molar-refractivity contribution in [3.05, 3.63) is 47.7 Å². The number of hydrogen-bond donors (Lipinski definition) is 3. The molecule has 1 aromatic heterocycles. The van der Waals surface area contributed by atoms with Crippen LogP contribution in [-0.2, 0) is 16.6 Å². The van der Waals surface area contributed by atoms with E-state index in [0.29, 0.717) is 5.76 Å². The van der Waals surface area contributed by atoms with Gasteiger partial charge >= 0.3 is 0 Å². The predicted octanol–water partition coefficient (Wildman–Crippen LogP) is 1.57. The summed E-state index contributed by atoms with van der Waals surface area (Å²) < 4.78 is 45.7. The fourth-order valence-electron chi connectivity index (χ4n) is 2.08. The lowest BCUT2D eigenvalue weighted by atomic mass is 10.2. The summed E-state index contributed by atoms with van der Waals surface area (Å²) in [6, 6.07) is 4.70. The molecule has 0 radical (unpaired) electrons. The van der Waals surface area contributed by atoms with Gasteiger partial charge in [0.1, 0.15) is 22.7 Å². The molecule has 1 heterocycles. The van der Waals surface area contributed by atoms with Crippen LogP contribution >= 0.6 is 0 Å². The first-order valence-corrected chi connectivity index (χ1v) is 8.78. The molecule has 1 aliphatic rings. The van der Waals surface area contributed by atoms with E-state index in [9.17, 15) is 17.6 Å². The highest BCUT2D eigenvalue weighted by Crippen LogP contribution is 2.25. The molecule has 0 unspecified atom stereocenters. The van der Waals surface area contributed by atoms with Gasteiger partial charge < -0.3 is 15.5 Å². The molecular weight excluding hydrogens is 337 g/mol. The molecule has 1 fully saturated rings. The Morgan fingerprint density at radius 1 is 1.33 bits per heavy atom. The third-order valence-corrected chi connectivity index (χ3v) is 5.03. The summed E-state index contributed by atoms with van der Waals surface area (Å²) in [4.78, 5) is 11.6. The Bertz CT molecular complexity index is 875. The quantitative estimate of drug-likeness (QED) is 0.729. The number of carbonyl (C=O) groups is 1. The van der Waals surface area contributed by atoms with Crippen LogP contribution in [0.1, 0.15) is 29.0 Å². The average Bonchev–Trinajstić information content (AvgIpc) is 3.20. The van der Waals surface area contributed by atoms with E-state index >= 15 is 0 Å². The fourth-order valence-corrected chi connectivity index (χ4v) is 3.49. The minimum absolute atomic E-state index is 0.145. The Morgan fingerprint density at radius 2 is 2.08 bits per heavy atom. The fraction of sp³-hybridized carbons (Fsp3) is 0.267. The largest absolute Gasteiger partial charge is 0.467 e. The molecule has 0 bridgehead atoms. The van der Waals surface area contributed by atoms with E-state index in [4.69, 9.17) is 10.2 Å². The van der Waals surface area contributed by atoms with Crippen molar-refractivity contribution >= 4 is 21.6 Å². The molecule has 0 atom stereocenters. The Balaban J connectivity index is 1.81. The summed E-state index contributed by atoms with van der Waals surface area (Å²) in [7, 11) is -3.96. The maximum atomic E-state index is 13.9. The van der Waals surface area contributed by atoms with Crippen LogP contribution in [0.5, 0.6) is 0 Å². The van der Waals surface area contributed by atoms with Gasteiger partial charge in [-0.15, -0.1) is 0 Å². The summed E-state index contributed by atoms with van der Waals surface area (Å²) in [5.41, 5.74) is 5.80. The molecule has 7 nitrogen and oxygen atoms in total. The van der Waals surface area contributed by atoms with Crippen LogP contribution in [-0.4, -0.2) is 20.4 Å². The third kappa shape index (κ3) is 3.64. The first kappa shape index (κ1) is 16.6. The molecule has 4 N–H and O–H groups in total. The van der Waals surface area contributed by atoms with Crippen LogP contribution in [0.4, 0.5) is 10.1 Å². The Hall–Kier alpha value is -2.23. The Kier molecular flexibility index (Phi) is 4.39. The molecule has 0 saturated heterocycles. The molecule has 9 heteroatoms.